The number of rotatable bonds is 10. The van der Waals surface area contributed by atoms with Crippen molar-refractivity contribution in [1.29, 1.82) is 0 Å². The standard InChI is InChI=1S/2C17H19N3O7S3/c1-3-20(15(21)14-10(16(22)23)5-4-6-19-14)12-7-9(2)29(24,25)17-11(12)8-13(28-17)30(18,26)27;1-3-20(15(21)10-5-4-6-19-14(10)16(22)23)12-7-9(2)29(24,25)17-11(12)8-13(28-17)30(18,26)27/h2*4-6,8-9,12H,3,7H2,1-2H3,(H,22,23)(H2,18,26,27). The second-order valence-corrected chi connectivity index (χ2v) is 24.3. The van der Waals surface area contributed by atoms with Crippen molar-refractivity contribution in [3.05, 3.63) is 82.4 Å². The van der Waals surface area contributed by atoms with Gasteiger partial charge in [0.05, 0.1) is 33.7 Å². The number of thiophene rings is 2. The SMILES string of the molecule is CCN(C(=O)c1cccnc1C(=O)O)C1CC(C)S(=O)(=O)c2sc(S(N)(=O)=O)cc21.CCN(C(=O)c1ncccc1C(=O)O)C1CC(C)S(=O)(=O)c2sc(S(N)(=O)=O)cc21. The summed E-state index contributed by atoms with van der Waals surface area (Å²) < 4.78 is 97.3. The number of pyridine rings is 2. The van der Waals surface area contributed by atoms with Crippen LogP contribution in [-0.4, -0.2) is 111 Å². The summed E-state index contributed by atoms with van der Waals surface area (Å²) in [7, 11) is -15.9. The van der Waals surface area contributed by atoms with Gasteiger partial charge in [0.2, 0.25) is 20.0 Å². The average molecular weight is 947 g/mol. The summed E-state index contributed by atoms with van der Waals surface area (Å²) in [5, 5.41) is 27.3. The quantitative estimate of drug-likeness (QED) is 0.177. The van der Waals surface area contributed by atoms with Crippen LogP contribution in [0.1, 0.15) is 105 Å². The fourth-order valence-corrected chi connectivity index (χ4v) is 15.6. The van der Waals surface area contributed by atoms with E-state index in [9.17, 15) is 63.1 Å². The molecular weight excluding hydrogens is 909 g/mol. The smallest absolute Gasteiger partial charge is 0.355 e. The Morgan fingerprint density at radius 2 is 1.10 bits per heavy atom. The van der Waals surface area contributed by atoms with Crippen LogP contribution in [0.5, 0.6) is 0 Å². The van der Waals surface area contributed by atoms with Crippen molar-refractivity contribution >= 4 is 86.1 Å². The lowest BCUT2D eigenvalue weighted by molar-refractivity contribution is 0.0635. The Hall–Kier alpha value is -4.70. The summed E-state index contributed by atoms with van der Waals surface area (Å²) in [5.74, 6) is -4.03. The number of carboxylic acids is 2. The number of aromatic nitrogens is 2. The minimum Gasteiger partial charge on any atom is -0.478 e. The van der Waals surface area contributed by atoms with Crippen LogP contribution < -0.4 is 10.3 Å². The lowest BCUT2D eigenvalue weighted by Gasteiger charge is -2.36. The third kappa shape index (κ3) is 8.72. The van der Waals surface area contributed by atoms with Gasteiger partial charge in [-0.1, -0.05) is 0 Å². The highest BCUT2D eigenvalue weighted by atomic mass is 32.3. The first-order valence-corrected chi connectivity index (χ1v) is 25.4. The summed E-state index contributed by atoms with van der Waals surface area (Å²) in [6.45, 7) is 6.52. The van der Waals surface area contributed by atoms with Crippen molar-refractivity contribution in [2.24, 2.45) is 10.3 Å². The molecule has 0 saturated heterocycles. The molecule has 324 valence electrons. The van der Waals surface area contributed by atoms with Crippen LogP contribution in [0.3, 0.4) is 0 Å². The van der Waals surface area contributed by atoms with Gasteiger partial charge in [-0.05, 0) is 76.9 Å². The van der Waals surface area contributed by atoms with Gasteiger partial charge in [0, 0.05) is 36.6 Å². The van der Waals surface area contributed by atoms with Crippen molar-refractivity contribution in [1.82, 2.24) is 19.8 Å². The Morgan fingerprint density at radius 1 is 0.700 bits per heavy atom. The van der Waals surface area contributed by atoms with E-state index in [1.807, 2.05) is 0 Å². The molecule has 0 radical (unpaired) electrons. The molecule has 2 aliphatic heterocycles. The van der Waals surface area contributed by atoms with Gasteiger partial charge >= 0.3 is 11.9 Å². The molecule has 2 aliphatic rings. The van der Waals surface area contributed by atoms with E-state index in [1.54, 1.807) is 13.8 Å². The molecule has 4 aromatic heterocycles. The molecule has 0 fully saturated rings. The normalized spacial score (nSPS) is 20.4. The van der Waals surface area contributed by atoms with Gasteiger partial charge in [0.1, 0.15) is 22.5 Å². The molecule has 0 saturated carbocycles. The van der Waals surface area contributed by atoms with E-state index in [-0.39, 0.29) is 70.7 Å². The number of hydrogen-bond donors (Lipinski definition) is 4. The molecule has 20 nitrogen and oxygen atoms in total. The Labute approximate surface area is 352 Å². The summed E-state index contributed by atoms with van der Waals surface area (Å²) in [6, 6.07) is 6.19. The number of fused-ring (bicyclic) bond motifs is 2. The summed E-state index contributed by atoms with van der Waals surface area (Å²) >= 11 is 1.11. The zero-order valence-electron chi connectivity index (χ0n) is 31.9. The van der Waals surface area contributed by atoms with Crippen molar-refractivity contribution < 1.29 is 63.1 Å². The van der Waals surface area contributed by atoms with E-state index >= 15 is 0 Å². The molecule has 0 aliphatic carbocycles. The van der Waals surface area contributed by atoms with Gasteiger partial charge in [0.15, 0.2) is 25.4 Å². The molecule has 4 aromatic rings. The molecule has 2 amide bonds. The molecule has 6 heterocycles. The van der Waals surface area contributed by atoms with Gasteiger partial charge in [-0.3, -0.25) is 14.6 Å². The second kappa shape index (κ2) is 17.0. The fraction of sp³-hybridized carbons (Fsp3) is 0.353. The van der Waals surface area contributed by atoms with Crippen molar-refractivity contribution in [3.63, 3.8) is 0 Å². The molecule has 0 aromatic carbocycles. The number of primary sulfonamides is 2. The first-order chi connectivity index (χ1) is 27.8. The van der Waals surface area contributed by atoms with Gasteiger partial charge in [-0.15, -0.1) is 22.7 Å². The van der Waals surface area contributed by atoms with E-state index in [1.165, 1.54) is 72.4 Å². The minimum atomic E-state index is -4.15. The lowest BCUT2D eigenvalue weighted by Crippen LogP contribution is -2.41. The average Bonchev–Trinajstić information content (AvgIpc) is 3.85. The third-order valence-electron chi connectivity index (χ3n) is 9.81. The van der Waals surface area contributed by atoms with Gasteiger partial charge in [-0.25, -0.2) is 58.5 Å². The molecule has 26 heteroatoms. The van der Waals surface area contributed by atoms with E-state index in [0.29, 0.717) is 22.7 Å². The molecule has 4 atom stereocenters. The highest BCUT2D eigenvalue weighted by Gasteiger charge is 2.45. The molecular formula is C34H38N6O14S6. The fourth-order valence-electron chi connectivity index (χ4n) is 6.81. The summed E-state index contributed by atoms with van der Waals surface area (Å²) in [6.07, 6.45) is 2.58. The van der Waals surface area contributed by atoms with E-state index in [2.05, 4.69) is 9.97 Å². The number of hydrogen-bond acceptors (Lipinski definition) is 16. The third-order valence-corrected chi connectivity index (χ3v) is 20.4. The number of carbonyl (C=O) groups excluding carboxylic acids is 2. The number of carbonyl (C=O) groups is 4. The Balaban J connectivity index is 0.000000228. The maximum absolute atomic E-state index is 13.2. The molecule has 6 rings (SSSR count). The predicted molar refractivity (Wildman–Crippen MR) is 215 cm³/mol. The number of sulfone groups is 2. The number of nitrogens with two attached hydrogens (primary N) is 2. The van der Waals surface area contributed by atoms with Crippen LogP contribution in [-0.2, 0) is 39.7 Å². The van der Waals surface area contributed by atoms with E-state index in [0.717, 1.165) is 0 Å². The monoisotopic (exact) mass is 946 g/mol. The maximum atomic E-state index is 13.2. The Bertz CT molecular complexity index is 2660. The zero-order chi connectivity index (χ0) is 44.9. The molecule has 4 unspecified atom stereocenters. The molecule has 6 N–H and O–H groups in total. The Morgan fingerprint density at radius 3 is 1.48 bits per heavy atom. The van der Waals surface area contributed by atoms with Crippen LogP contribution in [0, 0.1) is 0 Å². The Kier molecular flexibility index (Phi) is 13.1. The molecule has 0 bridgehead atoms. The maximum Gasteiger partial charge on any atom is 0.355 e. The van der Waals surface area contributed by atoms with Crippen molar-refractivity contribution in [2.45, 2.75) is 80.0 Å². The lowest BCUT2D eigenvalue weighted by atomic mass is 10.0. The highest BCUT2D eigenvalue weighted by Crippen LogP contribution is 2.47. The largest absolute Gasteiger partial charge is 0.478 e. The van der Waals surface area contributed by atoms with Gasteiger partial charge in [0.25, 0.3) is 11.8 Å². The first kappa shape index (κ1) is 46.4. The van der Waals surface area contributed by atoms with Crippen molar-refractivity contribution in [3.8, 4) is 0 Å². The van der Waals surface area contributed by atoms with Gasteiger partial charge in [-0.2, -0.15) is 0 Å². The number of nitrogens with zero attached hydrogens (tertiary/aromatic N) is 4. The highest BCUT2D eigenvalue weighted by molar-refractivity contribution is 7.96. The van der Waals surface area contributed by atoms with E-state index < -0.39 is 91.8 Å². The number of amides is 2. The van der Waals surface area contributed by atoms with Crippen LogP contribution in [0.15, 0.2) is 65.6 Å². The molecule has 0 spiro atoms. The second-order valence-electron chi connectivity index (χ2n) is 13.5. The summed E-state index contributed by atoms with van der Waals surface area (Å²) in [4.78, 5) is 59.7. The number of carboxylic acid groups (broad SMARTS) is 2. The topological polar surface area (TPSA) is 330 Å². The van der Waals surface area contributed by atoms with Crippen LogP contribution in [0.2, 0.25) is 0 Å². The van der Waals surface area contributed by atoms with Crippen LogP contribution in [0.25, 0.3) is 0 Å². The summed E-state index contributed by atoms with van der Waals surface area (Å²) in [5.41, 5.74) is -0.808. The van der Waals surface area contributed by atoms with Gasteiger partial charge < -0.3 is 20.0 Å². The minimum absolute atomic E-state index is 0.0188. The number of aromatic carboxylic acids is 2. The van der Waals surface area contributed by atoms with Crippen molar-refractivity contribution in [2.75, 3.05) is 13.1 Å². The molecule has 60 heavy (non-hydrogen) atoms. The first-order valence-electron chi connectivity index (χ1n) is 17.6. The number of sulfonamides is 2. The predicted octanol–water partition coefficient (Wildman–Crippen LogP) is 2.52. The van der Waals surface area contributed by atoms with E-state index in [4.69, 9.17) is 10.3 Å². The van der Waals surface area contributed by atoms with Crippen LogP contribution >= 0.6 is 22.7 Å². The zero-order valence-corrected chi connectivity index (χ0v) is 36.8. The van der Waals surface area contributed by atoms with Crippen LogP contribution in [0.4, 0.5) is 0 Å².